The van der Waals surface area contributed by atoms with Crippen LogP contribution in [0.15, 0.2) is 42.5 Å². The molecular weight excluding hydrogens is 257 g/mol. The predicted molar refractivity (Wildman–Crippen MR) is 77.5 cm³/mol. The topological polar surface area (TPSA) is 41.5 Å². The molecule has 0 atom stereocenters. The molecule has 2 aromatic rings. The number of aryl methyl sites for hydroxylation is 1. The highest BCUT2D eigenvalue weighted by molar-refractivity contribution is 5.47. The molecule has 2 N–H and O–H groups in total. The minimum Gasteiger partial charge on any atom is -0.491 e. The van der Waals surface area contributed by atoms with Crippen molar-refractivity contribution in [2.75, 3.05) is 18.5 Å². The number of halogens is 1. The first-order valence-corrected chi connectivity index (χ1v) is 6.51. The van der Waals surface area contributed by atoms with Gasteiger partial charge in [-0.3, -0.25) is 0 Å². The second kappa shape index (κ2) is 6.91. The van der Waals surface area contributed by atoms with Crippen LogP contribution in [-0.2, 0) is 6.54 Å². The number of anilines is 1. The summed E-state index contributed by atoms with van der Waals surface area (Å²) in [7, 11) is 0. The van der Waals surface area contributed by atoms with Crippen LogP contribution in [0, 0.1) is 12.7 Å². The van der Waals surface area contributed by atoms with Crippen LogP contribution < -0.4 is 10.1 Å². The van der Waals surface area contributed by atoms with Crippen molar-refractivity contribution in [2.45, 2.75) is 13.5 Å². The molecule has 0 unspecified atom stereocenters. The van der Waals surface area contributed by atoms with E-state index in [9.17, 15) is 4.39 Å². The van der Waals surface area contributed by atoms with Crippen molar-refractivity contribution in [3.8, 4) is 5.75 Å². The number of rotatable bonds is 6. The molecule has 0 bridgehead atoms. The Hall–Kier alpha value is -2.07. The van der Waals surface area contributed by atoms with Crippen LogP contribution in [0.3, 0.4) is 0 Å². The molecule has 0 spiro atoms. The van der Waals surface area contributed by atoms with Gasteiger partial charge in [0.25, 0.3) is 0 Å². The standard InChI is InChI=1S/C16H18FNO2/c1-12-10-13(2-7-16(12)17)11-18-14-3-5-15(6-4-14)20-9-8-19/h2-7,10,18-19H,8-9,11H2,1H3. The Morgan fingerprint density at radius 2 is 1.90 bits per heavy atom. The summed E-state index contributed by atoms with van der Waals surface area (Å²) >= 11 is 0. The zero-order valence-electron chi connectivity index (χ0n) is 11.4. The molecule has 0 radical (unpaired) electrons. The summed E-state index contributed by atoms with van der Waals surface area (Å²) < 4.78 is 18.4. The number of aliphatic hydroxyl groups is 1. The molecule has 106 valence electrons. The van der Waals surface area contributed by atoms with Crippen molar-refractivity contribution in [2.24, 2.45) is 0 Å². The van der Waals surface area contributed by atoms with Gasteiger partial charge >= 0.3 is 0 Å². The smallest absolute Gasteiger partial charge is 0.126 e. The number of hydrogen-bond donors (Lipinski definition) is 2. The van der Waals surface area contributed by atoms with Crippen molar-refractivity contribution in [3.63, 3.8) is 0 Å². The lowest BCUT2D eigenvalue weighted by Gasteiger charge is -2.09. The summed E-state index contributed by atoms with van der Waals surface area (Å²) in [4.78, 5) is 0. The highest BCUT2D eigenvalue weighted by Crippen LogP contribution is 2.17. The van der Waals surface area contributed by atoms with Gasteiger partial charge < -0.3 is 15.2 Å². The minimum atomic E-state index is -0.181. The molecule has 0 saturated carbocycles. The van der Waals surface area contributed by atoms with Crippen molar-refractivity contribution in [3.05, 3.63) is 59.4 Å². The Morgan fingerprint density at radius 1 is 1.15 bits per heavy atom. The van der Waals surface area contributed by atoms with E-state index in [1.54, 1.807) is 13.0 Å². The zero-order chi connectivity index (χ0) is 14.4. The first-order valence-electron chi connectivity index (χ1n) is 6.51. The van der Waals surface area contributed by atoms with Gasteiger partial charge in [-0.05, 0) is 48.4 Å². The molecule has 2 rings (SSSR count). The quantitative estimate of drug-likeness (QED) is 0.851. The summed E-state index contributed by atoms with van der Waals surface area (Å²) in [5.41, 5.74) is 2.64. The summed E-state index contributed by atoms with van der Waals surface area (Å²) in [5.74, 6) is 0.543. The van der Waals surface area contributed by atoms with Crippen LogP contribution in [0.1, 0.15) is 11.1 Å². The van der Waals surface area contributed by atoms with E-state index in [0.29, 0.717) is 18.7 Å². The van der Waals surface area contributed by atoms with Crippen LogP contribution in [0.2, 0.25) is 0 Å². The number of nitrogens with one attached hydrogen (secondary N) is 1. The van der Waals surface area contributed by atoms with Crippen LogP contribution in [0.25, 0.3) is 0 Å². The third-order valence-corrected chi connectivity index (χ3v) is 2.93. The maximum absolute atomic E-state index is 13.2. The van der Waals surface area contributed by atoms with Gasteiger partial charge in [0.05, 0.1) is 6.61 Å². The van der Waals surface area contributed by atoms with Gasteiger partial charge in [0, 0.05) is 12.2 Å². The lowest BCUT2D eigenvalue weighted by Crippen LogP contribution is -2.02. The fraction of sp³-hybridized carbons (Fsp3) is 0.250. The van der Waals surface area contributed by atoms with E-state index in [4.69, 9.17) is 9.84 Å². The molecule has 0 aliphatic rings. The summed E-state index contributed by atoms with van der Waals surface area (Å²) in [6, 6.07) is 12.6. The SMILES string of the molecule is Cc1cc(CNc2ccc(OCCO)cc2)ccc1F. The zero-order valence-corrected chi connectivity index (χ0v) is 11.4. The number of ether oxygens (including phenoxy) is 1. The van der Waals surface area contributed by atoms with E-state index >= 15 is 0 Å². The third-order valence-electron chi connectivity index (χ3n) is 2.93. The fourth-order valence-corrected chi connectivity index (χ4v) is 1.85. The normalized spacial score (nSPS) is 10.3. The Morgan fingerprint density at radius 3 is 2.55 bits per heavy atom. The molecule has 0 amide bonds. The molecular formula is C16H18FNO2. The average Bonchev–Trinajstić information content (AvgIpc) is 2.47. The van der Waals surface area contributed by atoms with Crippen molar-refractivity contribution < 1.29 is 14.2 Å². The summed E-state index contributed by atoms with van der Waals surface area (Å²) in [5, 5.41) is 11.9. The van der Waals surface area contributed by atoms with E-state index in [0.717, 1.165) is 17.0 Å². The third kappa shape index (κ3) is 3.96. The molecule has 0 aliphatic carbocycles. The first-order chi connectivity index (χ1) is 9.69. The van der Waals surface area contributed by atoms with Crippen molar-refractivity contribution in [1.29, 1.82) is 0 Å². The molecule has 2 aromatic carbocycles. The summed E-state index contributed by atoms with van der Waals surface area (Å²) in [6.07, 6.45) is 0. The lowest BCUT2D eigenvalue weighted by molar-refractivity contribution is 0.201. The van der Waals surface area contributed by atoms with Crippen molar-refractivity contribution >= 4 is 5.69 Å². The summed E-state index contributed by atoms with van der Waals surface area (Å²) in [6.45, 7) is 2.69. The maximum Gasteiger partial charge on any atom is 0.126 e. The predicted octanol–water partition coefficient (Wildman–Crippen LogP) is 3.12. The Bertz CT molecular complexity index is 555. The highest BCUT2D eigenvalue weighted by Gasteiger charge is 2.00. The monoisotopic (exact) mass is 275 g/mol. The maximum atomic E-state index is 13.2. The lowest BCUT2D eigenvalue weighted by atomic mass is 10.1. The Kier molecular flexibility index (Phi) is 4.96. The van der Waals surface area contributed by atoms with Gasteiger partial charge in [-0.25, -0.2) is 4.39 Å². The molecule has 0 fully saturated rings. The molecule has 20 heavy (non-hydrogen) atoms. The van der Waals surface area contributed by atoms with Crippen LogP contribution in [0.5, 0.6) is 5.75 Å². The number of hydrogen-bond acceptors (Lipinski definition) is 3. The van der Waals surface area contributed by atoms with E-state index in [-0.39, 0.29) is 12.4 Å². The Balaban J connectivity index is 1.91. The van der Waals surface area contributed by atoms with Gasteiger partial charge in [0.1, 0.15) is 18.2 Å². The highest BCUT2D eigenvalue weighted by atomic mass is 19.1. The van der Waals surface area contributed by atoms with Crippen LogP contribution in [0.4, 0.5) is 10.1 Å². The molecule has 4 heteroatoms. The van der Waals surface area contributed by atoms with Crippen molar-refractivity contribution in [1.82, 2.24) is 0 Å². The molecule has 0 heterocycles. The van der Waals surface area contributed by atoms with E-state index in [1.165, 1.54) is 6.07 Å². The van der Waals surface area contributed by atoms with E-state index in [2.05, 4.69) is 5.32 Å². The molecule has 0 aliphatic heterocycles. The van der Waals surface area contributed by atoms with Gasteiger partial charge in [-0.2, -0.15) is 0 Å². The average molecular weight is 275 g/mol. The van der Waals surface area contributed by atoms with E-state index < -0.39 is 0 Å². The second-order valence-electron chi connectivity index (χ2n) is 4.53. The number of aliphatic hydroxyl groups excluding tert-OH is 1. The van der Waals surface area contributed by atoms with Gasteiger partial charge in [-0.15, -0.1) is 0 Å². The minimum absolute atomic E-state index is 0.00389. The fourth-order valence-electron chi connectivity index (χ4n) is 1.85. The Labute approximate surface area is 118 Å². The molecule has 0 aromatic heterocycles. The van der Waals surface area contributed by atoms with Gasteiger partial charge in [0.2, 0.25) is 0 Å². The molecule has 3 nitrogen and oxygen atoms in total. The second-order valence-corrected chi connectivity index (χ2v) is 4.53. The number of benzene rings is 2. The van der Waals surface area contributed by atoms with Crippen LogP contribution >= 0.6 is 0 Å². The first kappa shape index (κ1) is 14.3. The van der Waals surface area contributed by atoms with E-state index in [1.807, 2.05) is 30.3 Å². The van der Waals surface area contributed by atoms with Gasteiger partial charge in [-0.1, -0.05) is 12.1 Å². The molecule has 0 saturated heterocycles. The van der Waals surface area contributed by atoms with Gasteiger partial charge in [0.15, 0.2) is 0 Å². The largest absolute Gasteiger partial charge is 0.491 e. The van der Waals surface area contributed by atoms with Crippen LogP contribution in [-0.4, -0.2) is 18.3 Å².